The number of nitrogens with zero attached hydrogens (tertiary/aromatic N) is 1. The van der Waals surface area contributed by atoms with E-state index in [0.717, 1.165) is 12.1 Å². The fraction of sp³-hybridized carbons (Fsp3) is 0.588. The van der Waals surface area contributed by atoms with E-state index in [9.17, 15) is 13.2 Å². The fourth-order valence-electron chi connectivity index (χ4n) is 2.96. The number of aliphatic imine (C=N–C) groups is 1. The summed E-state index contributed by atoms with van der Waals surface area (Å²) in [5.74, 6) is -0.409. The van der Waals surface area contributed by atoms with Crippen LogP contribution in [-0.4, -0.2) is 44.2 Å². The average molecular weight is 501 g/mol. The average Bonchev–Trinajstić information content (AvgIpc) is 3.01. The molecule has 2 fully saturated rings. The van der Waals surface area contributed by atoms with Crippen LogP contribution in [0.5, 0.6) is 0 Å². The third-order valence-corrected chi connectivity index (χ3v) is 4.37. The Morgan fingerprint density at radius 3 is 2.74 bits per heavy atom. The number of nitrogens with two attached hydrogens (primary N) is 1. The van der Waals surface area contributed by atoms with Crippen LogP contribution in [0.3, 0.4) is 0 Å². The lowest BCUT2D eigenvalue weighted by molar-refractivity contribution is -0.210. The van der Waals surface area contributed by atoms with Gasteiger partial charge in [0.1, 0.15) is 6.10 Å². The Morgan fingerprint density at radius 1 is 1.30 bits per heavy atom. The van der Waals surface area contributed by atoms with E-state index in [0.29, 0.717) is 44.8 Å². The third-order valence-electron chi connectivity index (χ3n) is 4.37. The van der Waals surface area contributed by atoms with Gasteiger partial charge in [-0.1, -0.05) is 12.1 Å². The number of halogens is 4. The highest BCUT2D eigenvalue weighted by atomic mass is 127. The van der Waals surface area contributed by atoms with Crippen LogP contribution in [-0.2, 0) is 26.9 Å². The summed E-state index contributed by atoms with van der Waals surface area (Å²) < 4.78 is 55.1. The van der Waals surface area contributed by atoms with Crippen molar-refractivity contribution >= 4 is 29.9 Å². The van der Waals surface area contributed by atoms with Gasteiger partial charge in [0, 0.05) is 19.4 Å². The van der Waals surface area contributed by atoms with E-state index in [4.69, 9.17) is 19.9 Å². The molecule has 0 aliphatic carbocycles. The minimum absolute atomic E-state index is 0. The molecule has 27 heavy (non-hydrogen) atoms. The number of hydrogen-bond acceptors (Lipinski definition) is 4. The van der Waals surface area contributed by atoms with Crippen molar-refractivity contribution in [1.82, 2.24) is 5.32 Å². The summed E-state index contributed by atoms with van der Waals surface area (Å²) in [6.07, 6.45) is -3.13. The molecule has 1 aromatic rings. The summed E-state index contributed by atoms with van der Waals surface area (Å²) in [6, 6.07) is 5.03. The molecule has 6 nitrogen and oxygen atoms in total. The van der Waals surface area contributed by atoms with Gasteiger partial charge < -0.3 is 25.3 Å². The number of rotatable bonds is 4. The molecule has 0 bridgehead atoms. The van der Waals surface area contributed by atoms with Gasteiger partial charge in [0.2, 0.25) is 0 Å². The van der Waals surface area contributed by atoms with Crippen molar-refractivity contribution in [2.24, 2.45) is 10.7 Å². The molecule has 0 saturated carbocycles. The zero-order valence-corrected chi connectivity index (χ0v) is 17.0. The van der Waals surface area contributed by atoms with Crippen molar-refractivity contribution in [3.63, 3.8) is 0 Å². The number of nitrogens with one attached hydrogen (secondary N) is 1. The smallest absolute Gasteiger partial charge is 0.381 e. The predicted molar refractivity (Wildman–Crippen MR) is 104 cm³/mol. The van der Waals surface area contributed by atoms with Crippen LogP contribution in [0.25, 0.3) is 0 Å². The normalized spacial score (nSPS) is 22.5. The first-order valence-corrected chi connectivity index (χ1v) is 8.46. The number of alkyl halides is 3. The van der Waals surface area contributed by atoms with Crippen LogP contribution < -0.4 is 11.1 Å². The Labute approximate surface area is 172 Å². The third kappa shape index (κ3) is 6.19. The molecular formula is C17H23F3IN3O3. The maximum absolute atomic E-state index is 12.7. The van der Waals surface area contributed by atoms with E-state index in [2.05, 4.69) is 10.3 Å². The van der Waals surface area contributed by atoms with Crippen LogP contribution in [0.4, 0.5) is 13.2 Å². The van der Waals surface area contributed by atoms with Gasteiger partial charge in [-0.25, -0.2) is 4.99 Å². The maximum Gasteiger partial charge on any atom is 0.416 e. The topological polar surface area (TPSA) is 78.1 Å². The second kappa shape index (κ2) is 9.39. The molecule has 2 heterocycles. The van der Waals surface area contributed by atoms with Crippen LogP contribution in [0.15, 0.2) is 29.3 Å². The van der Waals surface area contributed by atoms with Gasteiger partial charge in [-0.15, -0.1) is 24.0 Å². The quantitative estimate of drug-likeness (QED) is 0.377. The maximum atomic E-state index is 12.7. The molecule has 2 aliphatic rings. The van der Waals surface area contributed by atoms with E-state index in [1.165, 1.54) is 6.07 Å². The molecule has 1 aromatic carbocycles. The second-order valence-electron chi connectivity index (χ2n) is 6.35. The summed E-state index contributed by atoms with van der Waals surface area (Å²) in [5.41, 5.74) is 5.53. The van der Waals surface area contributed by atoms with Gasteiger partial charge in [-0.3, -0.25) is 0 Å². The SMILES string of the molecule is I.NC(=NCc1cccc(C(F)(F)F)c1)NCC1COC2(CCOCC2)O1. The minimum atomic E-state index is -4.37. The summed E-state index contributed by atoms with van der Waals surface area (Å²) in [5, 5.41) is 2.93. The number of hydrogen-bond donors (Lipinski definition) is 2. The highest BCUT2D eigenvalue weighted by Gasteiger charge is 2.42. The first kappa shape index (κ1) is 22.2. The Hall–Kier alpha value is -1.11. The van der Waals surface area contributed by atoms with E-state index >= 15 is 0 Å². The molecule has 152 valence electrons. The fourth-order valence-corrected chi connectivity index (χ4v) is 2.96. The van der Waals surface area contributed by atoms with Gasteiger partial charge in [0.05, 0.1) is 31.9 Å². The van der Waals surface area contributed by atoms with Gasteiger partial charge >= 0.3 is 6.18 Å². The zero-order chi connectivity index (χ0) is 18.6. The Bertz CT molecular complexity index is 652. The molecule has 10 heteroatoms. The Morgan fingerprint density at radius 2 is 2.04 bits per heavy atom. The highest BCUT2D eigenvalue weighted by molar-refractivity contribution is 14.0. The highest BCUT2D eigenvalue weighted by Crippen LogP contribution is 2.33. The van der Waals surface area contributed by atoms with Gasteiger partial charge in [0.25, 0.3) is 0 Å². The van der Waals surface area contributed by atoms with E-state index in [1.54, 1.807) is 6.07 Å². The molecule has 1 unspecified atom stereocenters. The number of benzene rings is 1. The zero-order valence-electron chi connectivity index (χ0n) is 14.6. The molecule has 1 atom stereocenters. The predicted octanol–water partition coefficient (Wildman–Crippen LogP) is 2.65. The lowest BCUT2D eigenvalue weighted by atomic mass is 10.1. The van der Waals surface area contributed by atoms with Crippen LogP contribution in [0.1, 0.15) is 24.0 Å². The van der Waals surface area contributed by atoms with Crippen LogP contribution in [0, 0.1) is 0 Å². The minimum Gasteiger partial charge on any atom is -0.381 e. The first-order valence-electron chi connectivity index (χ1n) is 8.46. The van der Waals surface area contributed by atoms with Crippen molar-refractivity contribution in [2.75, 3.05) is 26.4 Å². The Balaban J connectivity index is 0.00000261. The van der Waals surface area contributed by atoms with Crippen molar-refractivity contribution in [3.05, 3.63) is 35.4 Å². The van der Waals surface area contributed by atoms with E-state index in [1.807, 2.05) is 0 Å². The molecular weight excluding hydrogens is 478 g/mol. The monoisotopic (exact) mass is 501 g/mol. The molecule has 3 N–H and O–H groups in total. The summed E-state index contributed by atoms with van der Waals surface area (Å²) >= 11 is 0. The largest absolute Gasteiger partial charge is 0.416 e. The van der Waals surface area contributed by atoms with Gasteiger partial charge in [0.15, 0.2) is 11.7 Å². The molecule has 0 aromatic heterocycles. The van der Waals surface area contributed by atoms with Crippen molar-refractivity contribution in [1.29, 1.82) is 0 Å². The van der Waals surface area contributed by atoms with Gasteiger partial charge in [-0.2, -0.15) is 13.2 Å². The number of guanidine groups is 1. The van der Waals surface area contributed by atoms with Crippen molar-refractivity contribution in [3.8, 4) is 0 Å². The molecule has 3 rings (SSSR count). The Kier molecular flexibility index (Phi) is 7.72. The molecule has 0 amide bonds. The van der Waals surface area contributed by atoms with Crippen LogP contribution in [0.2, 0.25) is 0 Å². The number of ether oxygens (including phenoxy) is 3. The standard InChI is InChI=1S/C17H22F3N3O3.HI/c18-17(19,20)13-3-1-2-12(8-13)9-22-15(21)23-10-14-11-25-16(26-14)4-6-24-7-5-16;/h1-3,8,14H,4-7,9-11H2,(H3,21,22,23);1H. The second-order valence-corrected chi connectivity index (χ2v) is 6.35. The lowest BCUT2D eigenvalue weighted by Crippen LogP contribution is -2.41. The van der Waals surface area contributed by atoms with Gasteiger partial charge in [-0.05, 0) is 17.7 Å². The summed E-state index contributed by atoms with van der Waals surface area (Å²) in [6.45, 7) is 2.15. The first-order chi connectivity index (χ1) is 12.4. The summed E-state index contributed by atoms with van der Waals surface area (Å²) in [7, 11) is 0. The van der Waals surface area contributed by atoms with E-state index < -0.39 is 17.5 Å². The lowest BCUT2D eigenvalue weighted by Gasteiger charge is -2.31. The molecule has 1 spiro atoms. The summed E-state index contributed by atoms with van der Waals surface area (Å²) in [4.78, 5) is 4.08. The van der Waals surface area contributed by atoms with E-state index in [-0.39, 0.29) is 42.6 Å². The van der Waals surface area contributed by atoms with Crippen molar-refractivity contribution in [2.45, 2.75) is 37.5 Å². The molecule has 2 aliphatic heterocycles. The molecule has 0 radical (unpaired) electrons. The van der Waals surface area contributed by atoms with Crippen molar-refractivity contribution < 1.29 is 27.4 Å². The molecule has 2 saturated heterocycles. The van der Waals surface area contributed by atoms with Crippen LogP contribution >= 0.6 is 24.0 Å².